The number of carbonyl (C=O) groups is 1. The third-order valence-electron chi connectivity index (χ3n) is 2.45. The average molecular weight is 169 g/mol. The summed E-state index contributed by atoms with van der Waals surface area (Å²) in [5.41, 5.74) is 0. The van der Waals surface area contributed by atoms with E-state index in [9.17, 15) is 4.79 Å². The van der Waals surface area contributed by atoms with Crippen LogP contribution in [0.15, 0.2) is 0 Å². The summed E-state index contributed by atoms with van der Waals surface area (Å²) in [7, 11) is 0. The third kappa shape index (κ3) is 3.24. The fraction of sp³-hybridized carbons (Fsp3) is 0.900. The van der Waals surface area contributed by atoms with E-state index in [-0.39, 0.29) is 5.91 Å². The Hall–Kier alpha value is -0.530. The van der Waals surface area contributed by atoms with Crippen molar-refractivity contribution < 1.29 is 4.79 Å². The van der Waals surface area contributed by atoms with Crippen LogP contribution in [0.1, 0.15) is 51.9 Å². The number of carbonyl (C=O) groups excluding carboxylic acids is 1. The van der Waals surface area contributed by atoms with Crippen LogP contribution in [0.2, 0.25) is 0 Å². The summed E-state index contributed by atoms with van der Waals surface area (Å²) in [6, 6.07) is 0.513. The molecule has 1 fully saturated rings. The van der Waals surface area contributed by atoms with Crippen LogP contribution in [-0.4, -0.2) is 11.9 Å². The second kappa shape index (κ2) is 5.18. The standard InChI is InChI=1S/C10H19NO/c1-2-3-4-5-6-7-9-8-10(12)11-9/h9H,2-8H2,1H3,(H,11,12). The molecule has 0 aliphatic carbocycles. The van der Waals surface area contributed by atoms with Crippen molar-refractivity contribution in [2.24, 2.45) is 0 Å². The largest absolute Gasteiger partial charge is 0.353 e. The zero-order valence-electron chi connectivity index (χ0n) is 7.94. The van der Waals surface area contributed by atoms with E-state index in [0.29, 0.717) is 6.04 Å². The number of hydrogen-bond donors (Lipinski definition) is 1. The summed E-state index contributed by atoms with van der Waals surface area (Å²) in [6.07, 6.45) is 8.60. The van der Waals surface area contributed by atoms with Gasteiger partial charge >= 0.3 is 0 Å². The molecular formula is C10H19NO. The Bertz CT molecular complexity index is 137. The van der Waals surface area contributed by atoms with Gasteiger partial charge in [-0.3, -0.25) is 4.79 Å². The zero-order valence-corrected chi connectivity index (χ0v) is 7.94. The van der Waals surface area contributed by atoms with Crippen molar-refractivity contribution in [3.8, 4) is 0 Å². The predicted molar refractivity (Wildman–Crippen MR) is 49.9 cm³/mol. The molecule has 12 heavy (non-hydrogen) atoms. The van der Waals surface area contributed by atoms with Crippen molar-refractivity contribution in [3.05, 3.63) is 0 Å². The van der Waals surface area contributed by atoms with Crippen molar-refractivity contribution in [3.63, 3.8) is 0 Å². The minimum Gasteiger partial charge on any atom is -0.353 e. The molecule has 1 unspecified atom stereocenters. The molecule has 2 heteroatoms. The van der Waals surface area contributed by atoms with Gasteiger partial charge in [-0.05, 0) is 6.42 Å². The van der Waals surface area contributed by atoms with Crippen LogP contribution in [0.4, 0.5) is 0 Å². The Morgan fingerprint density at radius 2 is 2.00 bits per heavy atom. The van der Waals surface area contributed by atoms with Crippen LogP contribution >= 0.6 is 0 Å². The molecule has 2 nitrogen and oxygen atoms in total. The van der Waals surface area contributed by atoms with Gasteiger partial charge in [0.25, 0.3) is 0 Å². The lowest BCUT2D eigenvalue weighted by atomic mass is 9.99. The van der Waals surface area contributed by atoms with Gasteiger partial charge in [0.15, 0.2) is 0 Å². The second-order valence-corrected chi connectivity index (χ2v) is 3.67. The topological polar surface area (TPSA) is 29.1 Å². The molecule has 0 spiro atoms. The van der Waals surface area contributed by atoms with E-state index in [0.717, 1.165) is 6.42 Å². The molecule has 70 valence electrons. The number of hydrogen-bond acceptors (Lipinski definition) is 1. The molecule has 0 saturated carbocycles. The lowest BCUT2D eigenvalue weighted by Crippen LogP contribution is -2.48. The monoisotopic (exact) mass is 169 g/mol. The van der Waals surface area contributed by atoms with Crippen LogP contribution < -0.4 is 5.32 Å². The quantitative estimate of drug-likeness (QED) is 0.479. The van der Waals surface area contributed by atoms with Crippen molar-refractivity contribution in [1.82, 2.24) is 5.32 Å². The average Bonchev–Trinajstić information content (AvgIpc) is 2.00. The molecule has 0 aromatic carbocycles. The maximum Gasteiger partial charge on any atom is 0.222 e. The lowest BCUT2D eigenvalue weighted by Gasteiger charge is -2.26. The minimum atomic E-state index is 0.230. The molecule has 0 bridgehead atoms. The Morgan fingerprint density at radius 1 is 1.33 bits per heavy atom. The first kappa shape index (κ1) is 9.56. The maximum absolute atomic E-state index is 10.5. The lowest BCUT2D eigenvalue weighted by molar-refractivity contribution is -0.128. The van der Waals surface area contributed by atoms with Crippen LogP contribution in [-0.2, 0) is 4.79 Å². The Labute approximate surface area is 74.7 Å². The van der Waals surface area contributed by atoms with E-state index in [1.54, 1.807) is 0 Å². The second-order valence-electron chi connectivity index (χ2n) is 3.67. The molecule has 1 N–H and O–H groups in total. The SMILES string of the molecule is CCCCCCCC1CC(=O)N1. The highest BCUT2D eigenvalue weighted by Crippen LogP contribution is 2.13. The first-order valence-electron chi connectivity index (χ1n) is 5.12. The van der Waals surface area contributed by atoms with E-state index in [1.165, 1.54) is 38.5 Å². The molecule has 1 saturated heterocycles. The number of amides is 1. The summed E-state index contributed by atoms with van der Waals surface area (Å²) in [4.78, 5) is 10.5. The number of β-lactam (4-membered cyclic amide) rings is 1. The Kier molecular flexibility index (Phi) is 4.12. The molecular weight excluding hydrogens is 150 g/mol. The van der Waals surface area contributed by atoms with Gasteiger partial charge in [0.1, 0.15) is 0 Å². The molecule has 1 amide bonds. The summed E-state index contributed by atoms with van der Waals surface area (Å²) in [5, 5.41) is 2.89. The predicted octanol–water partition coefficient (Wildman–Crippen LogP) is 2.24. The first-order chi connectivity index (χ1) is 5.83. The molecule has 1 aliphatic heterocycles. The van der Waals surface area contributed by atoms with E-state index >= 15 is 0 Å². The van der Waals surface area contributed by atoms with Crippen LogP contribution in [0, 0.1) is 0 Å². The highest BCUT2D eigenvalue weighted by molar-refractivity contribution is 5.82. The molecule has 0 aromatic rings. The normalized spacial score (nSPS) is 21.8. The van der Waals surface area contributed by atoms with Gasteiger partial charge in [0.05, 0.1) is 0 Å². The van der Waals surface area contributed by atoms with Gasteiger partial charge < -0.3 is 5.32 Å². The van der Waals surface area contributed by atoms with Gasteiger partial charge in [-0.1, -0.05) is 39.0 Å². The van der Waals surface area contributed by atoms with Gasteiger partial charge in [0, 0.05) is 12.5 Å². The summed E-state index contributed by atoms with van der Waals surface area (Å²) in [6.45, 7) is 2.23. The Morgan fingerprint density at radius 3 is 2.58 bits per heavy atom. The number of rotatable bonds is 6. The van der Waals surface area contributed by atoms with Crippen molar-refractivity contribution in [1.29, 1.82) is 0 Å². The molecule has 0 radical (unpaired) electrons. The first-order valence-corrected chi connectivity index (χ1v) is 5.12. The highest BCUT2D eigenvalue weighted by Gasteiger charge is 2.23. The summed E-state index contributed by atoms with van der Waals surface area (Å²) < 4.78 is 0. The van der Waals surface area contributed by atoms with Crippen molar-refractivity contribution in [2.45, 2.75) is 57.9 Å². The summed E-state index contributed by atoms with van der Waals surface area (Å²) in [5.74, 6) is 0.230. The summed E-state index contributed by atoms with van der Waals surface area (Å²) >= 11 is 0. The van der Waals surface area contributed by atoms with Crippen molar-refractivity contribution >= 4 is 5.91 Å². The molecule has 1 heterocycles. The van der Waals surface area contributed by atoms with Crippen LogP contribution in [0.5, 0.6) is 0 Å². The third-order valence-corrected chi connectivity index (χ3v) is 2.45. The molecule has 1 rings (SSSR count). The van der Waals surface area contributed by atoms with Crippen LogP contribution in [0.25, 0.3) is 0 Å². The molecule has 1 atom stereocenters. The van der Waals surface area contributed by atoms with Gasteiger partial charge in [0.2, 0.25) is 5.91 Å². The highest BCUT2D eigenvalue weighted by atomic mass is 16.2. The van der Waals surface area contributed by atoms with Gasteiger partial charge in [-0.25, -0.2) is 0 Å². The van der Waals surface area contributed by atoms with Crippen molar-refractivity contribution in [2.75, 3.05) is 0 Å². The van der Waals surface area contributed by atoms with E-state index in [1.807, 2.05) is 0 Å². The Balaban J connectivity index is 1.80. The van der Waals surface area contributed by atoms with E-state index < -0.39 is 0 Å². The number of unbranched alkanes of at least 4 members (excludes halogenated alkanes) is 4. The van der Waals surface area contributed by atoms with E-state index in [2.05, 4.69) is 12.2 Å². The maximum atomic E-state index is 10.5. The van der Waals surface area contributed by atoms with E-state index in [4.69, 9.17) is 0 Å². The minimum absolute atomic E-state index is 0.230. The van der Waals surface area contributed by atoms with Crippen LogP contribution in [0.3, 0.4) is 0 Å². The zero-order chi connectivity index (χ0) is 8.81. The molecule has 1 aliphatic rings. The fourth-order valence-corrected chi connectivity index (χ4v) is 1.60. The fourth-order valence-electron chi connectivity index (χ4n) is 1.60. The molecule has 0 aromatic heterocycles. The number of nitrogens with one attached hydrogen (secondary N) is 1. The smallest absolute Gasteiger partial charge is 0.222 e. The van der Waals surface area contributed by atoms with Gasteiger partial charge in [-0.2, -0.15) is 0 Å². The van der Waals surface area contributed by atoms with Gasteiger partial charge in [-0.15, -0.1) is 0 Å².